The Hall–Kier alpha value is -3.33. The Balaban J connectivity index is 1.77. The van der Waals surface area contributed by atoms with Crippen LogP contribution in [0.2, 0.25) is 0 Å². The molecule has 8 nitrogen and oxygen atoms in total. The molecule has 0 saturated heterocycles. The normalized spacial score (nSPS) is 11.3. The maximum Gasteiger partial charge on any atom is 0.341 e. The van der Waals surface area contributed by atoms with Gasteiger partial charge in [-0.2, -0.15) is 0 Å². The quantitative estimate of drug-likeness (QED) is 0.529. The second-order valence-electron chi connectivity index (χ2n) is 6.68. The lowest BCUT2D eigenvalue weighted by molar-refractivity contribution is 0.0598. The molecule has 1 aromatic carbocycles. The van der Waals surface area contributed by atoms with Crippen LogP contribution in [0.4, 0.5) is 0 Å². The molecule has 3 rings (SSSR count). The van der Waals surface area contributed by atoms with Gasteiger partial charge in [-0.1, -0.05) is 18.2 Å². The number of aryl methyl sites for hydroxylation is 1. The van der Waals surface area contributed by atoms with Gasteiger partial charge in [0.05, 0.1) is 30.6 Å². The molecule has 0 aliphatic rings. The van der Waals surface area contributed by atoms with Crippen LogP contribution in [0.1, 0.15) is 38.0 Å². The van der Waals surface area contributed by atoms with Crippen LogP contribution in [0.15, 0.2) is 62.5 Å². The van der Waals surface area contributed by atoms with Crippen molar-refractivity contribution in [2.24, 2.45) is 0 Å². The molecule has 0 saturated carbocycles. The molecule has 9 heteroatoms. The maximum absolute atomic E-state index is 12.8. The van der Waals surface area contributed by atoms with Crippen LogP contribution in [0, 0.1) is 6.92 Å². The van der Waals surface area contributed by atoms with E-state index in [1.165, 1.54) is 49.6 Å². The predicted octanol–water partition coefficient (Wildman–Crippen LogP) is 3.21. The summed E-state index contributed by atoms with van der Waals surface area (Å²) in [4.78, 5) is 26.0. The lowest BCUT2D eigenvalue weighted by Gasteiger charge is -2.15. The summed E-state index contributed by atoms with van der Waals surface area (Å²) in [6.07, 6.45) is 1.28. The van der Waals surface area contributed by atoms with Crippen molar-refractivity contribution < 1.29 is 31.6 Å². The van der Waals surface area contributed by atoms with Crippen molar-refractivity contribution in [2.45, 2.75) is 24.1 Å². The lowest BCUT2D eigenvalue weighted by Crippen LogP contribution is -2.26. The molecule has 0 atom stereocenters. The molecular weight excluding hydrogens is 410 g/mol. The Kier molecular flexibility index (Phi) is 6.12. The maximum atomic E-state index is 12.8. The number of nitrogens with zero attached hydrogens (tertiary/aromatic N) is 1. The standard InChI is InChI=1S/C21H21NO7S/c1-14-18(21(24)27-3)11-16(29-14)12-22(2)20(23)19-15(9-10-28-19)13-30(25,26)17-7-5-4-6-8-17/h4-11H,12-13H2,1-3H3. The Labute approximate surface area is 174 Å². The number of hydrogen-bond donors (Lipinski definition) is 0. The van der Waals surface area contributed by atoms with Crippen LogP contribution < -0.4 is 0 Å². The summed E-state index contributed by atoms with van der Waals surface area (Å²) < 4.78 is 40.8. The monoisotopic (exact) mass is 431 g/mol. The summed E-state index contributed by atoms with van der Waals surface area (Å²) in [5, 5.41) is 0. The van der Waals surface area contributed by atoms with E-state index in [4.69, 9.17) is 8.83 Å². The second-order valence-corrected chi connectivity index (χ2v) is 8.67. The first-order chi connectivity index (χ1) is 14.2. The fourth-order valence-corrected chi connectivity index (χ4v) is 4.34. The zero-order valence-corrected chi connectivity index (χ0v) is 17.6. The van der Waals surface area contributed by atoms with Crippen molar-refractivity contribution in [3.05, 3.63) is 77.1 Å². The van der Waals surface area contributed by atoms with Gasteiger partial charge in [0.2, 0.25) is 0 Å². The van der Waals surface area contributed by atoms with Crippen LogP contribution in [0.25, 0.3) is 0 Å². The number of carbonyl (C=O) groups excluding carboxylic acids is 2. The summed E-state index contributed by atoms with van der Waals surface area (Å²) in [6, 6.07) is 11.0. The van der Waals surface area contributed by atoms with E-state index in [0.29, 0.717) is 11.5 Å². The third kappa shape index (κ3) is 4.46. The zero-order valence-electron chi connectivity index (χ0n) is 16.7. The molecule has 0 fully saturated rings. The number of amides is 1. The van der Waals surface area contributed by atoms with Gasteiger partial charge in [-0.3, -0.25) is 4.79 Å². The highest BCUT2D eigenvalue weighted by atomic mass is 32.2. The lowest BCUT2D eigenvalue weighted by atomic mass is 10.2. The molecule has 0 N–H and O–H groups in total. The SMILES string of the molecule is COC(=O)c1cc(CN(C)C(=O)c2occc2CS(=O)(=O)c2ccccc2)oc1C. The van der Waals surface area contributed by atoms with Gasteiger partial charge < -0.3 is 18.5 Å². The van der Waals surface area contributed by atoms with E-state index in [0.717, 1.165) is 0 Å². The molecule has 2 heterocycles. The molecule has 0 bridgehead atoms. The molecule has 0 aliphatic heterocycles. The van der Waals surface area contributed by atoms with Crippen LogP contribution in [0.3, 0.4) is 0 Å². The molecule has 0 unspecified atom stereocenters. The summed E-state index contributed by atoms with van der Waals surface area (Å²) in [5.41, 5.74) is 0.544. The largest absolute Gasteiger partial charge is 0.465 e. The van der Waals surface area contributed by atoms with E-state index in [1.807, 2.05) is 0 Å². The molecule has 2 aromatic heterocycles. The van der Waals surface area contributed by atoms with E-state index in [1.54, 1.807) is 25.1 Å². The number of ether oxygens (including phenoxy) is 1. The molecule has 0 radical (unpaired) electrons. The minimum absolute atomic E-state index is 0.0578. The number of benzene rings is 1. The first kappa shape index (κ1) is 21.4. The van der Waals surface area contributed by atoms with E-state index in [2.05, 4.69) is 4.74 Å². The zero-order chi connectivity index (χ0) is 21.9. The third-order valence-electron chi connectivity index (χ3n) is 4.50. The van der Waals surface area contributed by atoms with E-state index in [9.17, 15) is 18.0 Å². The number of sulfone groups is 1. The molecule has 0 aliphatic carbocycles. The van der Waals surface area contributed by atoms with Crippen molar-refractivity contribution in [2.75, 3.05) is 14.2 Å². The smallest absolute Gasteiger partial charge is 0.341 e. The first-order valence-electron chi connectivity index (χ1n) is 9.00. The van der Waals surface area contributed by atoms with Gasteiger partial charge in [-0.05, 0) is 31.2 Å². The van der Waals surface area contributed by atoms with Gasteiger partial charge in [0.15, 0.2) is 15.6 Å². The van der Waals surface area contributed by atoms with Crippen LogP contribution in [-0.2, 0) is 26.9 Å². The van der Waals surface area contributed by atoms with Crippen molar-refractivity contribution in [1.82, 2.24) is 4.90 Å². The minimum Gasteiger partial charge on any atom is -0.465 e. The third-order valence-corrected chi connectivity index (χ3v) is 6.18. The average Bonchev–Trinajstić information content (AvgIpc) is 3.33. The molecule has 0 spiro atoms. The van der Waals surface area contributed by atoms with Gasteiger partial charge in [0, 0.05) is 12.6 Å². The molecule has 3 aromatic rings. The Morgan fingerprint density at radius 2 is 1.83 bits per heavy atom. The number of rotatable bonds is 7. The first-order valence-corrected chi connectivity index (χ1v) is 10.7. The van der Waals surface area contributed by atoms with Crippen molar-refractivity contribution in [3.8, 4) is 0 Å². The summed E-state index contributed by atoms with van der Waals surface area (Å²) >= 11 is 0. The van der Waals surface area contributed by atoms with Crippen molar-refractivity contribution in [3.63, 3.8) is 0 Å². The highest BCUT2D eigenvalue weighted by molar-refractivity contribution is 7.90. The van der Waals surface area contributed by atoms with Gasteiger partial charge in [-0.15, -0.1) is 0 Å². The summed E-state index contributed by atoms with van der Waals surface area (Å²) in [6.45, 7) is 1.68. The van der Waals surface area contributed by atoms with E-state index in [-0.39, 0.29) is 34.1 Å². The van der Waals surface area contributed by atoms with Crippen LogP contribution in [-0.4, -0.2) is 39.4 Å². The van der Waals surface area contributed by atoms with Crippen LogP contribution in [0.5, 0.6) is 0 Å². The predicted molar refractivity (Wildman–Crippen MR) is 107 cm³/mol. The summed E-state index contributed by atoms with van der Waals surface area (Å²) in [5.74, 6) is -0.704. The fraction of sp³-hybridized carbons (Fsp3) is 0.238. The number of furan rings is 2. The Bertz CT molecular complexity index is 1160. The van der Waals surface area contributed by atoms with Crippen molar-refractivity contribution >= 4 is 21.7 Å². The number of carbonyl (C=O) groups is 2. The van der Waals surface area contributed by atoms with Crippen LogP contribution >= 0.6 is 0 Å². The van der Waals surface area contributed by atoms with Gasteiger partial charge in [0.25, 0.3) is 5.91 Å². The van der Waals surface area contributed by atoms with Gasteiger partial charge in [0.1, 0.15) is 17.1 Å². The molecule has 1 amide bonds. The minimum atomic E-state index is -3.64. The Morgan fingerprint density at radius 3 is 2.50 bits per heavy atom. The molecule has 30 heavy (non-hydrogen) atoms. The average molecular weight is 431 g/mol. The topological polar surface area (TPSA) is 107 Å². The van der Waals surface area contributed by atoms with E-state index < -0.39 is 21.7 Å². The van der Waals surface area contributed by atoms with E-state index >= 15 is 0 Å². The highest BCUT2D eigenvalue weighted by Crippen LogP contribution is 2.22. The van der Waals surface area contributed by atoms with Crippen molar-refractivity contribution in [1.29, 1.82) is 0 Å². The van der Waals surface area contributed by atoms with Gasteiger partial charge in [-0.25, -0.2) is 13.2 Å². The number of esters is 1. The molecular formula is C21H21NO7S. The highest BCUT2D eigenvalue weighted by Gasteiger charge is 2.25. The fourth-order valence-electron chi connectivity index (χ4n) is 2.97. The summed E-state index contributed by atoms with van der Waals surface area (Å²) in [7, 11) is -0.846. The number of methoxy groups -OCH3 is 1. The number of hydrogen-bond acceptors (Lipinski definition) is 7. The van der Waals surface area contributed by atoms with Gasteiger partial charge >= 0.3 is 5.97 Å². The molecule has 158 valence electrons. The second kappa shape index (κ2) is 8.58. The Morgan fingerprint density at radius 1 is 1.13 bits per heavy atom.